The Balaban J connectivity index is 0.00000441. The summed E-state index contributed by atoms with van der Waals surface area (Å²) < 4.78 is 32.1. The Kier molecular flexibility index (Phi) is 13.0. The van der Waals surface area contributed by atoms with Gasteiger partial charge in [0.25, 0.3) is 0 Å². The summed E-state index contributed by atoms with van der Waals surface area (Å²) in [5, 5.41) is 3.12. The minimum atomic E-state index is -4.12. The van der Waals surface area contributed by atoms with Crippen molar-refractivity contribution in [3.05, 3.63) is 0 Å². The van der Waals surface area contributed by atoms with Gasteiger partial charge in [-0.2, -0.15) is 0 Å². The van der Waals surface area contributed by atoms with E-state index in [-0.39, 0.29) is 41.2 Å². The molecule has 0 aromatic heterocycles. The number of hydrogen-bond donors (Lipinski definition) is 1. The van der Waals surface area contributed by atoms with Gasteiger partial charge < -0.3 is 14.8 Å². The van der Waals surface area contributed by atoms with E-state index in [2.05, 4.69) is 31.0 Å². The number of unbranched alkanes of at least 4 members (excludes halogenated alkanes) is 1. The fourth-order valence-corrected chi connectivity index (χ4v) is 10.8. The van der Waals surface area contributed by atoms with Gasteiger partial charge in [-0.1, -0.05) is 33.6 Å². The number of nitrogens with one attached hydrogen (secondary N) is 1. The van der Waals surface area contributed by atoms with Crippen LogP contribution in [0, 0.1) is 46.3 Å². The molecule has 0 heterocycles. The van der Waals surface area contributed by atoms with Crippen LogP contribution in [0.4, 0.5) is 0 Å². The molecule has 8 heteroatoms. The number of amides is 1. The molecule has 40 heavy (non-hydrogen) atoms. The predicted molar refractivity (Wildman–Crippen MR) is 157 cm³/mol. The van der Waals surface area contributed by atoms with Crippen molar-refractivity contribution in [1.82, 2.24) is 10.2 Å². The van der Waals surface area contributed by atoms with Crippen molar-refractivity contribution in [2.24, 2.45) is 46.3 Å². The zero-order valence-corrected chi connectivity index (χ0v) is 29.2. The second-order valence-electron chi connectivity index (χ2n) is 14.6. The van der Waals surface area contributed by atoms with Gasteiger partial charge in [-0.15, -0.1) is 0 Å². The van der Waals surface area contributed by atoms with E-state index < -0.39 is 10.1 Å². The molecule has 4 aliphatic carbocycles. The van der Waals surface area contributed by atoms with Crippen LogP contribution in [-0.4, -0.2) is 56.2 Å². The fraction of sp³-hybridized carbons (Fsp3) is 0.969. The first kappa shape index (κ1) is 34.8. The van der Waals surface area contributed by atoms with Crippen molar-refractivity contribution >= 4 is 16.0 Å². The monoisotopic (exact) mass is 588 g/mol. The van der Waals surface area contributed by atoms with Crippen LogP contribution in [0.1, 0.15) is 117 Å². The number of nitrogens with zero attached hydrogens (tertiary/aromatic N) is 1. The molecule has 4 aliphatic rings. The maximum atomic E-state index is 12.6. The van der Waals surface area contributed by atoms with Crippen LogP contribution in [0.2, 0.25) is 0 Å². The maximum Gasteiger partial charge on any atom is 1.00 e. The van der Waals surface area contributed by atoms with Gasteiger partial charge in [0.15, 0.2) is 0 Å². The molecule has 0 aromatic rings. The number of rotatable bonds is 13. The molecule has 0 saturated heterocycles. The van der Waals surface area contributed by atoms with Crippen LogP contribution in [0.25, 0.3) is 0 Å². The van der Waals surface area contributed by atoms with Crippen LogP contribution < -0.4 is 34.9 Å². The molecule has 0 aliphatic heterocycles. The predicted octanol–water partition coefficient (Wildman–Crippen LogP) is 3.22. The van der Waals surface area contributed by atoms with E-state index in [1.54, 1.807) is 0 Å². The van der Waals surface area contributed by atoms with Crippen molar-refractivity contribution in [1.29, 1.82) is 0 Å². The minimum Gasteiger partial charge on any atom is -0.748 e. The van der Waals surface area contributed by atoms with Crippen LogP contribution in [-0.2, 0) is 14.9 Å². The van der Waals surface area contributed by atoms with Crippen LogP contribution >= 0.6 is 0 Å². The Morgan fingerprint density at radius 3 is 2.42 bits per heavy atom. The average molecular weight is 589 g/mol. The third-order valence-electron chi connectivity index (χ3n) is 12.4. The summed E-state index contributed by atoms with van der Waals surface area (Å²) in [5.74, 6) is 5.06. The van der Waals surface area contributed by atoms with Gasteiger partial charge in [0, 0.05) is 18.7 Å². The molecule has 0 radical (unpaired) electrons. The quantitative estimate of drug-likeness (QED) is 0.203. The summed E-state index contributed by atoms with van der Waals surface area (Å²) in [5.41, 5.74) is 1.08. The van der Waals surface area contributed by atoms with Crippen LogP contribution in [0.3, 0.4) is 0 Å². The van der Waals surface area contributed by atoms with Crippen molar-refractivity contribution in [3.63, 3.8) is 0 Å². The Morgan fingerprint density at radius 1 is 0.950 bits per heavy atom. The van der Waals surface area contributed by atoms with E-state index in [4.69, 9.17) is 0 Å². The number of hydrogen-bond acceptors (Lipinski definition) is 5. The Bertz CT molecular complexity index is 932. The van der Waals surface area contributed by atoms with Gasteiger partial charge in [-0.05, 0) is 144 Å². The molecule has 6 nitrogen and oxygen atoms in total. The molecule has 0 spiro atoms. The van der Waals surface area contributed by atoms with Gasteiger partial charge in [0.05, 0.1) is 10.1 Å². The van der Waals surface area contributed by atoms with E-state index in [0.29, 0.717) is 42.7 Å². The number of fused-ring (bicyclic) bond motifs is 5. The number of carbonyl (C=O) groups is 1. The van der Waals surface area contributed by atoms with E-state index in [1.165, 1.54) is 64.2 Å². The largest absolute Gasteiger partial charge is 1.00 e. The Morgan fingerprint density at radius 2 is 1.68 bits per heavy atom. The second kappa shape index (κ2) is 14.9. The SMILES string of the molecule is C[C@H](CCC(=O)NCCCCN(C)CCCS(=O)(=O)[O-])[C@H]1CC[C@H]2[C@@H]3CCC4CCCC[C@]4(C)[C@H]3CC[C@]12C.[Na+]. The molecule has 226 valence electrons. The summed E-state index contributed by atoms with van der Waals surface area (Å²) in [6.45, 7) is 9.87. The smallest absolute Gasteiger partial charge is 0.748 e. The molecule has 1 amide bonds. The topological polar surface area (TPSA) is 89.5 Å². The third-order valence-corrected chi connectivity index (χ3v) is 13.2. The third kappa shape index (κ3) is 8.28. The number of carbonyl (C=O) groups excluding carboxylic acids is 1. The molecule has 1 unspecified atom stereocenters. The summed E-state index contributed by atoms with van der Waals surface area (Å²) in [7, 11) is -2.18. The first-order valence-electron chi connectivity index (χ1n) is 16.3. The molecule has 4 fully saturated rings. The Hall–Kier alpha value is 0.340. The van der Waals surface area contributed by atoms with E-state index in [1.807, 2.05) is 7.05 Å². The van der Waals surface area contributed by atoms with E-state index >= 15 is 0 Å². The summed E-state index contributed by atoms with van der Waals surface area (Å²) >= 11 is 0. The summed E-state index contributed by atoms with van der Waals surface area (Å²) in [4.78, 5) is 14.7. The van der Waals surface area contributed by atoms with Crippen LogP contribution in [0.5, 0.6) is 0 Å². The molecule has 1 N–H and O–H groups in total. The first-order chi connectivity index (χ1) is 18.4. The zero-order chi connectivity index (χ0) is 28.3. The molecule has 4 rings (SSSR count). The summed E-state index contributed by atoms with van der Waals surface area (Å²) in [6, 6.07) is 0. The standard InChI is InChI=1S/C32H58N2O4S.Na/c1-24(11-16-30(35)33-20-7-8-21-34(4)22-9-23-39(36,37)38)27-14-15-28-26-13-12-25-10-5-6-18-31(25,2)29(26)17-19-32(27,28)3;/h24-29H,5-23H2,1-4H3,(H,33,35)(H,36,37,38);/q;+1/p-1/t24-,25?,26+,27-,28+,29+,31+,32-;/m1./s1. The van der Waals surface area contributed by atoms with Gasteiger partial charge in [-0.3, -0.25) is 4.79 Å². The van der Waals surface area contributed by atoms with Crippen molar-refractivity contribution in [2.75, 3.05) is 32.4 Å². The molecular formula is C32H57N2NaO4S. The summed E-state index contributed by atoms with van der Waals surface area (Å²) in [6.07, 6.45) is 18.3. The molecule has 8 atom stereocenters. The van der Waals surface area contributed by atoms with Crippen molar-refractivity contribution in [2.45, 2.75) is 117 Å². The van der Waals surface area contributed by atoms with E-state index in [0.717, 1.165) is 55.4 Å². The molecule has 4 saturated carbocycles. The maximum absolute atomic E-state index is 12.6. The van der Waals surface area contributed by atoms with Gasteiger partial charge >= 0.3 is 29.6 Å². The zero-order valence-electron chi connectivity index (χ0n) is 26.4. The first-order valence-corrected chi connectivity index (χ1v) is 17.9. The molecular weight excluding hydrogens is 531 g/mol. The normalized spacial score (nSPS) is 36.2. The van der Waals surface area contributed by atoms with E-state index in [9.17, 15) is 17.8 Å². The second-order valence-corrected chi connectivity index (χ2v) is 16.1. The average Bonchev–Trinajstić information content (AvgIpc) is 3.23. The van der Waals surface area contributed by atoms with Crippen molar-refractivity contribution < 1.29 is 47.3 Å². The minimum absolute atomic E-state index is 0. The molecule has 0 bridgehead atoms. The Labute approximate surface area is 268 Å². The van der Waals surface area contributed by atoms with Gasteiger partial charge in [-0.25, -0.2) is 8.42 Å². The van der Waals surface area contributed by atoms with Crippen molar-refractivity contribution in [3.8, 4) is 0 Å². The van der Waals surface area contributed by atoms with Gasteiger partial charge in [0.2, 0.25) is 5.91 Å². The van der Waals surface area contributed by atoms with Gasteiger partial charge in [0.1, 0.15) is 0 Å². The van der Waals surface area contributed by atoms with Crippen LogP contribution in [0.15, 0.2) is 0 Å². The molecule has 0 aromatic carbocycles. The fourth-order valence-electron chi connectivity index (χ4n) is 10.3.